The molecule has 2 heterocycles. The largest absolute Gasteiger partial charge is 0.383 e. The van der Waals surface area contributed by atoms with Gasteiger partial charge in [-0.2, -0.15) is 5.10 Å². The molecule has 0 bridgehead atoms. The Morgan fingerprint density at radius 2 is 2.27 bits per heavy atom. The van der Waals surface area contributed by atoms with Crippen molar-refractivity contribution >= 4 is 29.1 Å². The summed E-state index contributed by atoms with van der Waals surface area (Å²) in [5.41, 5.74) is 6.45. The highest BCUT2D eigenvalue weighted by molar-refractivity contribution is 5.87. The zero-order valence-corrected chi connectivity index (χ0v) is 6.43. The SMILES string of the molecule is Cl.Nc1nccc2[nH]ncc12. The number of H-pyrrole nitrogens is 1. The molecular formula is C6H7ClN4. The average molecular weight is 171 g/mol. The fourth-order valence-corrected chi connectivity index (χ4v) is 0.889. The van der Waals surface area contributed by atoms with Crippen molar-refractivity contribution in [2.24, 2.45) is 0 Å². The number of nitrogens with two attached hydrogens (primary N) is 1. The lowest BCUT2D eigenvalue weighted by atomic mass is 10.3. The Kier molecular flexibility index (Phi) is 1.96. The second kappa shape index (κ2) is 2.75. The van der Waals surface area contributed by atoms with E-state index in [1.807, 2.05) is 6.07 Å². The maximum atomic E-state index is 5.53. The van der Waals surface area contributed by atoms with Crippen LogP contribution in [0.25, 0.3) is 10.9 Å². The number of halogens is 1. The highest BCUT2D eigenvalue weighted by Crippen LogP contribution is 2.13. The second-order valence-corrected chi connectivity index (χ2v) is 2.03. The van der Waals surface area contributed by atoms with Crippen LogP contribution in [-0.4, -0.2) is 15.2 Å². The monoisotopic (exact) mass is 170 g/mol. The van der Waals surface area contributed by atoms with Crippen LogP contribution in [0, 0.1) is 0 Å². The number of anilines is 1. The van der Waals surface area contributed by atoms with Gasteiger partial charge in [0.15, 0.2) is 0 Å². The van der Waals surface area contributed by atoms with E-state index in [4.69, 9.17) is 5.73 Å². The quantitative estimate of drug-likeness (QED) is 0.619. The fraction of sp³-hybridized carbons (Fsp3) is 0. The summed E-state index contributed by atoms with van der Waals surface area (Å²) in [6.07, 6.45) is 3.31. The number of nitrogens with one attached hydrogen (secondary N) is 1. The van der Waals surface area contributed by atoms with E-state index in [-0.39, 0.29) is 12.4 Å². The van der Waals surface area contributed by atoms with Gasteiger partial charge in [0.1, 0.15) is 5.82 Å². The Morgan fingerprint density at radius 1 is 1.45 bits per heavy atom. The summed E-state index contributed by atoms with van der Waals surface area (Å²) in [5.74, 6) is 0.520. The van der Waals surface area contributed by atoms with E-state index in [9.17, 15) is 0 Å². The molecule has 4 nitrogen and oxygen atoms in total. The Bertz CT molecular complexity index is 356. The molecule has 2 aromatic rings. The number of fused-ring (bicyclic) bond motifs is 1. The molecule has 2 rings (SSSR count). The minimum atomic E-state index is 0. The number of nitrogen functional groups attached to an aromatic ring is 1. The summed E-state index contributed by atoms with van der Waals surface area (Å²) < 4.78 is 0. The topological polar surface area (TPSA) is 67.6 Å². The Labute approximate surface area is 69.2 Å². The van der Waals surface area contributed by atoms with Crippen LogP contribution in [0.3, 0.4) is 0 Å². The molecule has 0 fully saturated rings. The summed E-state index contributed by atoms with van der Waals surface area (Å²) in [5, 5.41) is 7.48. The van der Waals surface area contributed by atoms with E-state index in [0.29, 0.717) is 5.82 Å². The molecule has 0 aliphatic carbocycles. The van der Waals surface area contributed by atoms with Gasteiger partial charge in [-0.25, -0.2) is 4.98 Å². The first-order valence-corrected chi connectivity index (χ1v) is 2.91. The Morgan fingerprint density at radius 3 is 3.00 bits per heavy atom. The molecular weight excluding hydrogens is 164 g/mol. The molecule has 0 saturated carbocycles. The molecule has 0 spiro atoms. The molecule has 2 aromatic heterocycles. The average Bonchev–Trinajstić information content (AvgIpc) is 2.36. The number of pyridine rings is 1. The van der Waals surface area contributed by atoms with Crippen LogP contribution >= 0.6 is 12.4 Å². The molecule has 5 heteroatoms. The van der Waals surface area contributed by atoms with Crippen molar-refractivity contribution in [1.29, 1.82) is 0 Å². The van der Waals surface area contributed by atoms with E-state index < -0.39 is 0 Å². The summed E-state index contributed by atoms with van der Waals surface area (Å²) in [7, 11) is 0. The maximum absolute atomic E-state index is 5.53. The highest BCUT2D eigenvalue weighted by atomic mass is 35.5. The zero-order chi connectivity index (χ0) is 6.97. The van der Waals surface area contributed by atoms with E-state index in [1.54, 1.807) is 12.4 Å². The molecule has 0 saturated heterocycles. The first-order chi connectivity index (χ1) is 4.88. The van der Waals surface area contributed by atoms with Gasteiger partial charge in [-0.05, 0) is 6.07 Å². The van der Waals surface area contributed by atoms with Gasteiger partial charge in [0, 0.05) is 6.20 Å². The Balaban J connectivity index is 0.000000605. The lowest BCUT2D eigenvalue weighted by molar-refractivity contribution is 1.12. The molecule has 0 aliphatic heterocycles. The van der Waals surface area contributed by atoms with E-state index in [0.717, 1.165) is 10.9 Å². The molecule has 0 aromatic carbocycles. The molecule has 58 valence electrons. The number of nitrogens with zero attached hydrogens (tertiary/aromatic N) is 2. The number of rotatable bonds is 0. The van der Waals surface area contributed by atoms with Crippen molar-refractivity contribution in [3.05, 3.63) is 18.5 Å². The van der Waals surface area contributed by atoms with Gasteiger partial charge in [-0.3, -0.25) is 5.10 Å². The summed E-state index contributed by atoms with van der Waals surface area (Å²) in [4.78, 5) is 3.90. The molecule has 0 amide bonds. The van der Waals surface area contributed by atoms with E-state index in [2.05, 4.69) is 15.2 Å². The van der Waals surface area contributed by atoms with Gasteiger partial charge in [-0.1, -0.05) is 0 Å². The van der Waals surface area contributed by atoms with Crippen molar-refractivity contribution in [2.75, 3.05) is 5.73 Å². The third-order valence-corrected chi connectivity index (χ3v) is 1.40. The first kappa shape index (κ1) is 7.81. The molecule has 11 heavy (non-hydrogen) atoms. The minimum Gasteiger partial charge on any atom is -0.383 e. The van der Waals surface area contributed by atoms with Gasteiger partial charge in [0.05, 0.1) is 17.1 Å². The number of hydrogen-bond donors (Lipinski definition) is 2. The predicted molar refractivity (Wildman–Crippen MR) is 45.5 cm³/mol. The highest BCUT2D eigenvalue weighted by Gasteiger charge is 1.97. The maximum Gasteiger partial charge on any atom is 0.134 e. The van der Waals surface area contributed by atoms with Crippen molar-refractivity contribution < 1.29 is 0 Å². The third kappa shape index (κ3) is 1.12. The van der Waals surface area contributed by atoms with Crippen LogP contribution in [0.5, 0.6) is 0 Å². The van der Waals surface area contributed by atoms with Gasteiger partial charge < -0.3 is 5.73 Å². The number of hydrogen-bond acceptors (Lipinski definition) is 3. The van der Waals surface area contributed by atoms with Crippen molar-refractivity contribution in [3.63, 3.8) is 0 Å². The summed E-state index contributed by atoms with van der Waals surface area (Å²) in [6.45, 7) is 0. The fourth-order valence-electron chi connectivity index (χ4n) is 0.889. The third-order valence-electron chi connectivity index (χ3n) is 1.40. The standard InChI is InChI=1S/C6H6N4.ClH/c7-6-4-3-9-10-5(4)1-2-8-6;/h1-3H,(H2,7,8)(H,9,10);1H. The second-order valence-electron chi connectivity index (χ2n) is 2.03. The van der Waals surface area contributed by atoms with Crippen LogP contribution in [-0.2, 0) is 0 Å². The number of aromatic nitrogens is 3. The summed E-state index contributed by atoms with van der Waals surface area (Å²) >= 11 is 0. The van der Waals surface area contributed by atoms with Crippen molar-refractivity contribution in [3.8, 4) is 0 Å². The number of aromatic amines is 1. The van der Waals surface area contributed by atoms with Crippen LogP contribution in [0.4, 0.5) is 5.82 Å². The minimum absolute atomic E-state index is 0. The molecule has 0 radical (unpaired) electrons. The lowest BCUT2D eigenvalue weighted by Crippen LogP contribution is -1.88. The van der Waals surface area contributed by atoms with E-state index >= 15 is 0 Å². The van der Waals surface area contributed by atoms with E-state index in [1.165, 1.54) is 0 Å². The Hall–Kier alpha value is -1.29. The molecule has 3 N–H and O–H groups in total. The lowest BCUT2D eigenvalue weighted by Gasteiger charge is -1.90. The molecule has 0 aliphatic rings. The van der Waals surface area contributed by atoms with Gasteiger partial charge >= 0.3 is 0 Å². The van der Waals surface area contributed by atoms with Crippen molar-refractivity contribution in [2.45, 2.75) is 0 Å². The smallest absolute Gasteiger partial charge is 0.134 e. The predicted octanol–water partition coefficient (Wildman–Crippen LogP) is 0.962. The first-order valence-electron chi connectivity index (χ1n) is 2.91. The van der Waals surface area contributed by atoms with Gasteiger partial charge in [0.2, 0.25) is 0 Å². The zero-order valence-electron chi connectivity index (χ0n) is 5.61. The molecule has 0 unspecified atom stereocenters. The van der Waals surface area contributed by atoms with Crippen LogP contribution in [0.2, 0.25) is 0 Å². The van der Waals surface area contributed by atoms with Gasteiger partial charge in [0.25, 0.3) is 0 Å². The van der Waals surface area contributed by atoms with Crippen LogP contribution in [0.1, 0.15) is 0 Å². The van der Waals surface area contributed by atoms with Gasteiger partial charge in [-0.15, -0.1) is 12.4 Å². The molecule has 0 atom stereocenters. The van der Waals surface area contributed by atoms with Crippen LogP contribution < -0.4 is 5.73 Å². The van der Waals surface area contributed by atoms with Crippen molar-refractivity contribution in [1.82, 2.24) is 15.2 Å². The summed E-state index contributed by atoms with van der Waals surface area (Å²) in [6, 6.07) is 1.83. The van der Waals surface area contributed by atoms with Crippen LogP contribution in [0.15, 0.2) is 18.5 Å². The normalized spacial score (nSPS) is 9.45.